The minimum absolute atomic E-state index is 0. The molecule has 0 radical (unpaired) electrons. The van der Waals surface area contributed by atoms with Crippen LogP contribution in [0.4, 0.5) is 0 Å². The van der Waals surface area contributed by atoms with E-state index in [0.717, 1.165) is 38.0 Å². The van der Waals surface area contributed by atoms with Gasteiger partial charge >= 0.3 is 51.4 Å². The Morgan fingerprint density at radius 2 is 1.79 bits per heavy atom. The van der Waals surface area contributed by atoms with Gasteiger partial charge in [0.15, 0.2) is 5.78 Å². The topological polar surface area (TPSA) is 83.5 Å². The van der Waals surface area contributed by atoms with Crippen molar-refractivity contribution in [3.8, 4) is 0 Å². The normalized spacial score (nSPS) is 38.7. The van der Waals surface area contributed by atoms with Crippen molar-refractivity contribution in [3.05, 3.63) is 11.1 Å². The van der Waals surface area contributed by atoms with E-state index in [0.29, 0.717) is 48.7 Å². The first-order valence-electron chi connectivity index (χ1n) is 13.3. The Bertz CT molecular complexity index is 912. The number of carbonyl (C=O) groups is 1. The maximum absolute atomic E-state index is 13.5. The van der Waals surface area contributed by atoms with Crippen molar-refractivity contribution in [1.82, 2.24) is 0 Å². The van der Waals surface area contributed by atoms with Crippen LogP contribution < -0.4 is 51.4 Å². The predicted octanol–water partition coefficient (Wildman–Crippen LogP) is 3.20. The number of rotatable bonds is 7. The summed E-state index contributed by atoms with van der Waals surface area (Å²) in [6.07, 6.45) is 10.1. The number of ketones is 1. The third-order valence-electron chi connectivity index (χ3n) is 10.2. The molecular weight excluding hydrogens is 475 g/mol. The van der Waals surface area contributed by atoms with Crippen molar-refractivity contribution in [2.24, 2.45) is 40.4 Å². The second kappa shape index (κ2) is 11.0. The summed E-state index contributed by atoms with van der Waals surface area (Å²) in [5.74, 6) is 2.91. The van der Waals surface area contributed by atoms with Crippen LogP contribution in [0.3, 0.4) is 0 Å². The van der Waals surface area contributed by atoms with E-state index in [2.05, 4.69) is 34.6 Å². The van der Waals surface area contributed by atoms with Gasteiger partial charge in [0.05, 0.1) is 6.10 Å². The van der Waals surface area contributed by atoms with E-state index in [9.17, 15) is 17.8 Å². The monoisotopic (exact) mass is 518 g/mol. The Balaban J connectivity index is 0.00000324. The van der Waals surface area contributed by atoms with E-state index in [1.807, 2.05) is 0 Å². The Kier molecular flexibility index (Phi) is 9.50. The summed E-state index contributed by atoms with van der Waals surface area (Å²) >= 11 is 0. The van der Waals surface area contributed by atoms with Gasteiger partial charge < -0.3 is 4.55 Å². The van der Waals surface area contributed by atoms with Gasteiger partial charge in [0.25, 0.3) is 0 Å². The van der Waals surface area contributed by atoms with Crippen LogP contribution in [0, 0.1) is 40.4 Å². The first kappa shape index (κ1) is 29.5. The van der Waals surface area contributed by atoms with Crippen LogP contribution in [0.1, 0.15) is 105 Å². The van der Waals surface area contributed by atoms with Crippen LogP contribution in [0.5, 0.6) is 0 Å². The number of Topliss-reactive ketones (excluding diaryl/α,β-unsaturated/α-hetero) is 1. The standard InChI is InChI=1S/C27H44O5S.K/c1-17(2)7-6-8-18(3)23-16-24(28)25-21-10-9-19-15-20(32-33(29,30)31)11-13-26(19,4)22(21)12-14-27(23,25)5;/h17-20,22-23H,6-16H2,1-5H3,(H,29,30,31);/q;+1/p-1/t18-,19+,20+,22?,23-,26+,27-;/m1./s1. The quantitative estimate of drug-likeness (QED) is 0.294. The number of fused-ring (bicyclic) bond motifs is 4. The van der Waals surface area contributed by atoms with Gasteiger partial charge in [-0.25, -0.2) is 8.42 Å². The van der Waals surface area contributed by atoms with Gasteiger partial charge in [0, 0.05) is 12.0 Å². The van der Waals surface area contributed by atoms with E-state index in [1.165, 1.54) is 30.4 Å². The Labute approximate surface area is 250 Å². The Hall–Kier alpha value is 0.916. The van der Waals surface area contributed by atoms with Gasteiger partial charge in [0.1, 0.15) is 0 Å². The molecule has 3 saturated carbocycles. The van der Waals surface area contributed by atoms with Crippen molar-refractivity contribution < 1.29 is 73.3 Å². The molecule has 0 N–H and O–H groups in total. The molecule has 0 aromatic rings. The molecule has 0 aromatic heterocycles. The average Bonchev–Trinajstić information content (AvgIpc) is 2.98. The fourth-order valence-corrected chi connectivity index (χ4v) is 8.96. The van der Waals surface area contributed by atoms with Crippen LogP contribution in [-0.2, 0) is 19.4 Å². The van der Waals surface area contributed by atoms with Crippen LogP contribution in [-0.4, -0.2) is 24.9 Å². The minimum Gasteiger partial charge on any atom is -0.726 e. The fraction of sp³-hybridized carbons (Fsp3) is 0.889. The average molecular weight is 519 g/mol. The largest absolute Gasteiger partial charge is 1.00 e. The van der Waals surface area contributed by atoms with Crippen LogP contribution >= 0.6 is 0 Å². The molecule has 0 aliphatic heterocycles. The van der Waals surface area contributed by atoms with E-state index in [4.69, 9.17) is 4.18 Å². The smallest absolute Gasteiger partial charge is 0.726 e. The molecule has 0 heterocycles. The maximum atomic E-state index is 13.5. The second-order valence-corrected chi connectivity index (χ2v) is 13.6. The molecule has 4 aliphatic rings. The molecular formula is C27H43KO5S. The molecule has 0 aromatic carbocycles. The predicted molar refractivity (Wildman–Crippen MR) is 128 cm³/mol. The first-order chi connectivity index (χ1) is 15.3. The molecule has 3 fully saturated rings. The zero-order chi connectivity index (χ0) is 24.2. The molecule has 0 saturated heterocycles. The van der Waals surface area contributed by atoms with E-state index in [-0.39, 0.29) is 62.2 Å². The summed E-state index contributed by atoms with van der Waals surface area (Å²) in [5, 5.41) is 0. The molecule has 4 aliphatic carbocycles. The molecule has 0 bridgehead atoms. The number of hydrogen-bond donors (Lipinski definition) is 0. The molecule has 0 spiro atoms. The molecule has 7 atom stereocenters. The van der Waals surface area contributed by atoms with Gasteiger partial charge in [-0.3, -0.25) is 8.98 Å². The fourth-order valence-electron chi connectivity index (χ4n) is 8.46. The molecule has 4 rings (SSSR count). The zero-order valence-corrected chi connectivity index (χ0v) is 26.1. The Morgan fingerprint density at radius 3 is 2.44 bits per heavy atom. The summed E-state index contributed by atoms with van der Waals surface area (Å²) < 4.78 is 38.2. The van der Waals surface area contributed by atoms with Crippen LogP contribution in [0.15, 0.2) is 11.1 Å². The third-order valence-corrected chi connectivity index (χ3v) is 10.7. The van der Waals surface area contributed by atoms with Crippen molar-refractivity contribution in [2.45, 2.75) is 111 Å². The molecule has 7 heteroatoms. The van der Waals surface area contributed by atoms with E-state index < -0.39 is 16.5 Å². The minimum atomic E-state index is -4.66. The van der Waals surface area contributed by atoms with Crippen molar-refractivity contribution in [2.75, 3.05) is 0 Å². The number of carbonyl (C=O) groups excluding carboxylic acids is 1. The second-order valence-electron chi connectivity index (χ2n) is 12.6. The van der Waals surface area contributed by atoms with Gasteiger partial charge in [-0.15, -0.1) is 0 Å². The summed E-state index contributed by atoms with van der Waals surface area (Å²) in [5.41, 5.74) is 2.69. The van der Waals surface area contributed by atoms with Crippen molar-refractivity contribution in [3.63, 3.8) is 0 Å². The maximum Gasteiger partial charge on any atom is 1.00 e. The summed E-state index contributed by atoms with van der Waals surface area (Å²) in [7, 11) is -4.66. The van der Waals surface area contributed by atoms with Gasteiger partial charge in [-0.05, 0) is 85.4 Å². The zero-order valence-electron chi connectivity index (χ0n) is 22.2. The summed E-state index contributed by atoms with van der Waals surface area (Å²) in [6, 6.07) is 0. The molecule has 0 amide bonds. The Morgan fingerprint density at radius 1 is 1.09 bits per heavy atom. The summed E-state index contributed by atoms with van der Waals surface area (Å²) in [6.45, 7) is 11.7. The van der Waals surface area contributed by atoms with Gasteiger partial charge in [-0.2, -0.15) is 0 Å². The van der Waals surface area contributed by atoms with E-state index in [1.54, 1.807) is 0 Å². The first-order valence-corrected chi connectivity index (χ1v) is 14.6. The molecule has 34 heavy (non-hydrogen) atoms. The number of hydrogen-bond acceptors (Lipinski definition) is 5. The molecule has 188 valence electrons. The molecule has 1 unspecified atom stereocenters. The number of allylic oxidation sites excluding steroid dienone is 2. The third kappa shape index (κ3) is 5.67. The van der Waals surface area contributed by atoms with Gasteiger partial charge in [-0.1, -0.05) is 59.5 Å². The van der Waals surface area contributed by atoms with Crippen LogP contribution in [0.25, 0.3) is 0 Å². The van der Waals surface area contributed by atoms with E-state index >= 15 is 0 Å². The van der Waals surface area contributed by atoms with Crippen LogP contribution in [0.2, 0.25) is 0 Å². The summed E-state index contributed by atoms with van der Waals surface area (Å²) in [4.78, 5) is 13.5. The molecule has 5 nitrogen and oxygen atoms in total. The SMILES string of the molecule is CC(C)CCC[C@@H](C)[C@H]1CC(=O)C2=C3CC[C@H]4C[C@@H](OS(=O)(=O)[O-])CC[C@]4(C)C3CC[C@@]21C.[K+]. The van der Waals surface area contributed by atoms with Crippen molar-refractivity contribution >= 4 is 16.2 Å². The van der Waals surface area contributed by atoms with Crippen molar-refractivity contribution in [1.29, 1.82) is 0 Å². The van der Waals surface area contributed by atoms with Gasteiger partial charge in [0.2, 0.25) is 10.4 Å².